The topological polar surface area (TPSA) is 38.3 Å². The van der Waals surface area contributed by atoms with Gasteiger partial charge in [0.15, 0.2) is 0 Å². The molecule has 0 aliphatic carbocycles. The van der Waals surface area contributed by atoms with Gasteiger partial charge in [-0.15, -0.1) is 11.8 Å². The van der Waals surface area contributed by atoms with Gasteiger partial charge in [-0.2, -0.15) is 0 Å². The van der Waals surface area contributed by atoms with E-state index in [0.29, 0.717) is 17.3 Å². The largest absolute Gasteiger partial charge is 0.496 e. The molecule has 2 aromatic carbocycles. The van der Waals surface area contributed by atoms with Crippen LogP contribution in [0.25, 0.3) is 0 Å². The van der Waals surface area contributed by atoms with E-state index >= 15 is 0 Å². The standard InChI is InChI=1S/C18H20FNO2S/c1-12-4-6-16(8-13(12)2)20-18(21)11-23-10-14-9-15(19)5-7-17(14)22-3/h4-9H,10-11H2,1-3H3,(H,20,21). The van der Waals surface area contributed by atoms with Gasteiger partial charge in [-0.3, -0.25) is 4.79 Å². The minimum atomic E-state index is -0.305. The molecule has 0 atom stereocenters. The summed E-state index contributed by atoms with van der Waals surface area (Å²) in [4.78, 5) is 12.0. The molecule has 0 radical (unpaired) electrons. The first kappa shape index (κ1) is 17.3. The first-order valence-electron chi connectivity index (χ1n) is 7.27. The van der Waals surface area contributed by atoms with Crippen LogP contribution >= 0.6 is 11.8 Å². The van der Waals surface area contributed by atoms with Crippen molar-refractivity contribution in [1.29, 1.82) is 0 Å². The minimum Gasteiger partial charge on any atom is -0.496 e. The molecule has 0 spiro atoms. The molecule has 0 aliphatic heterocycles. The molecule has 1 N–H and O–H groups in total. The van der Waals surface area contributed by atoms with Gasteiger partial charge < -0.3 is 10.1 Å². The van der Waals surface area contributed by atoms with Gasteiger partial charge in [0.05, 0.1) is 12.9 Å². The lowest BCUT2D eigenvalue weighted by Crippen LogP contribution is -2.14. The Labute approximate surface area is 140 Å². The van der Waals surface area contributed by atoms with Crippen LogP contribution in [0.2, 0.25) is 0 Å². The maximum atomic E-state index is 13.3. The highest BCUT2D eigenvalue weighted by molar-refractivity contribution is 7.99. The van der Waals surface area contributed by atoms with Crippen molar-refractivity contribution in [2.45, 2.75) is 19.6 Å². The summed E-state index contributed by atoms with van der Waals surface area (Å²) in [6.45, 7) is 4.04. The number of hydrogen-bond acceptors (Lipinski definition) is 3. The number of benzene rings is 2. The second kappa shape index (κ2) is 8.02. The van der Waals surface area contributed by atoms with Crippen LogP contribution in [0.4, 0.5) is 10.1 Å². The highest BCUT2D eigenvalue weighted by Gasteiger charge is 2.08. The van der Waals surface area contributed by atoms with Gasteiger partial charge in [0, 0.05) is 17.0 Å². The van der Waals surface area contributed by atoms with Gasteiger partial charge in [0.2, 0.25) is 5.91 Å². The van der Waals surface area contributed by atoms with Crippen LogP contribution < -0.4 is 10.1 Å². The zero-order valence-corrected chi connectivity index (χ0v) is 14.3. The normalized spacial score (nSPS) is 10.4. The number of hydrogen-bond donors (Lipinski definition) is 1. The highest BCUT2D eigenvalue weighted by atomic mass is 32.2. The molecule has 0 saturated heterocycles. The number of nitrogens with one attached hydrogen (secondary N) is 1. The zero-order chi connectivity index (χ0) is 16.8. The molecule has 0 heterocycles. The predicted molar refractivity (Wildman–Crippen MR) is 93.7 cm³/mol. The van der Waals surface area contributed by atoms with Crippen LogP contribution in [0.15, 0.2) is 36.4 Å². The number of thioether (sulfide) groups is 1. The van der Waals surface area contributed by atoms with Gasteiger partial charge in [-0.05, 0) is 55.3 Å². The molecule has 5 heteroatoms. The van der Waals surface area contributed by atoms with Crippen molar-refractivity contribution in [3.63, 3.8) is 0 Å². The van der Waals surface area contributed by atoms with E-state index in [2.05, 4.69) is 5.32 Å². The summed E-state index contributed by atoms with van der Waals surface area (Å²) in [7, 11) is 1.55. The molecule has 2 aromatic rings. The molecule has 0 bridgehead atoms. The van der Waals surface area contributed by atoms with E-state index in [9.17, 15) is 9.18 Å². The molecule has 23 heavy (non-hydrogen) atoms. The molecular formula is C18H20FNO2S. The van der Waals surface area contributed by atoms with Crippen molar-refractivity contribution in [2.75, 3.05) is 18.2 Å². The smallest absolute Gasteiger partial charge is 0.234 e. The minimum absolute atomic E-state index is 0.0753. The first-order chi connectivity index (χ1) is 11.0. The van der Waals surface area contributed by atoms with E-state index in [4.69, 9.17) is 4.74 Å². The number of halogens is 1. The summed E-state index contributed by atoms with van der Waals surface area (Å²) >= 11 is 1.42. The van der Waals surface area contributed by atoms with E-state index in [0.717, 1.165) is 16.8 Å². The predicted octanol–water partition coefficient (Wildman–Crippen LogP) is 4.32. The summed E-state index contributed by atoms with van der Waals surface area (Å²) < 4.78 is 18.5. The van der Waals surface area contributed by atoms with Crippen LogP contribution in [0, 0.1) is 19.7 Å². The number of carbonyl (C=O) groups excluding carboxylic acids is 1. The summed E-state index contributed by atoms with van der Waals surface area (Å²) in [5.74, 6) is 1.07. The van der Waals surface area contributed by atoms with Crippen molar-refractivity contribution in [2.24, 2.45) is 0 Å². The Morgan fingerprint density at radius 1 is 1.17 bits per heavy atom. The van der Waals surface area contributed by atoms with Crippen molar-refractivity contribution in [1.82, 2.24) is 0 Å². The Bertz CT molecular complexity index is 703. The van der Waals surface area contributed by atoms with Gasteiger partial charge in [0.1, 0.15) is 11.6 Å². The Morgan fingerprint density at radius 2 is 1.96 bits per heavy atom. The van der Waals surface area contributed by atoms with Gasteiger partial charge in [-0.25, -0.2) is 4.39 Å². The fraction of sp³-hybridized carbons (Fsp3) is 0.278. The molecule has 0 fully saturated rings. The fourth-order valence-corrected chi connectivity index (χ4v) is 2.94. The van der Waals surface area contributed by atoms with E-state index < -0.39 is 0 Å². The summed E-state index contributed by atoms with van der Waals surface area (Å²) in [5.41, 5.74) is 3.87. The Morgan fingerprint density at radius 3 is 2.65 bits per heavy atom. The summed E-state index contributed by atoms with van der Waals surface area (Å²) in [5, 5.41) is 2.87. The number of anilines is 1. The SMILES string of the molecule is COc1ccc(F)cc1CSCC(=O)Nc1ccc(C)c(C)c1. The monoisotopic (exact) mass is 333 g/mol. The quantitative estimate of drug-likeness (QED) is 0.855. The van der Waals surface area contributed by atoms with Crippen molar-refractivity contribution in [3.8, 4) is 5.75 Å². The maximum absolute atomic E-state index is 13.3. The fourth-order valence-electron chi connectivity index (χ4n) is 2.13. The Kier molecular flexibility index (Phi) is 6.04. The number of carbonyl (C=O) groups is 1. The Balaban J connectivity index is 1.87. The lowest BCUT2D eigenvalue weighted by atomic mass is 10.1. The van der Waals surface area contributed by atoms with Crippen molar-refractivity contribution < 1.29 is 13.9 Å². The summed E-state index contributed by atoms with van der Waals surface area (Å²) in [6.07, 6.45) is 0. The molecule has 0 unspecified atom stereocenters. The average Bonchev–Trinajstić information content (AvgIpc) is 2.51. The third-order valence-corrected chi connectivity index (χ3v) is 4.51. The van der Waals surface area contributed by atoms with Crippen molar-refractivity contribution in [3.05, 3.63) is 58.9 Å². The number of aryl methyl sites for hydroxylation is 2. The Hall–Kier alpha value is -2.01. The highest BCUT2D eigenvalue weighted by Crippen LogP contribution is 2.24. The maximum Gasteiger partial charge on any atom is 0.234 e. The van der Waals surface area contributed by atoms with Gasteiger partial charge in [0.25, 0.3) is 0 Å². The summed E-state index contributed by atoms with van der Waals surface area (Å²) in [6, 6.07) is 10.2. The molecule has 1 amide bonds. The number of rotatable bonds is 6. The molecule has 2 rings (SSSR count). The molecule has 3 nitrogen and oxygen atoms in total. The number of ether oxygens (including phenoxy) is 1. The van der Waals surface area contributed by atoms with Gasteiger partial charge in [-0.1, -0.05) is 6.07 Å². The third-order valence-electron chi connectivity index (χ3n) is 3.52. The second-order valence-corrected chi connectivity index (χ2v) is 6.28. The lowest BCUT2D eigenvalue weighted by molar-refractivity contribution is -0.113. The molecule has 122 valence electrons. The van der Waals surface area contributed by atoms with Crippen molar-refractivity contribution >= 4 is 23.4 Å². The van der Waals surface area contributed by atoms with Crippen LogP contribution in [-0.4, -0.2) is 18.8 Å². The third kappa shape index (κ3) is 4.99. The first-order valence-corrected chi connectivity index (χ1v) is 8.42. The molecule has 0 aromatic heterocycles. The van der Waals surface area contributed by atoms with Crippen LogP contribution in [0.3, 0.4) is 0 Å². The molecule has 0 saturated carbocycles. The van der Waals surface area contributed by atoms with Crippen LogP contribution in [-0.2, 0) is 10.5 Å². The average molecular weight is 333 g/mol. The molecular weight excluding hydrogens is 313 g/mol. The lowest BCUT2D eigenvalue weighted by Gasteiger charge is -2.09. The van der Waals surface area contributed by atoms with E-state index in [-0.39, 0.29) is 11.7 Å². The second-order valence-electron chi connectivity index (χ2n) is 5.30. The van der Waals surface area contributed by atoms with Crippen LogP contribution in [0.1, 0.15) is 16.7 Å². The van der Waals surface area contributed by atoms with Gasteiger partial charge >= 0.3 is 0 Å². The number of amides is 1. The zero-order valence-electron chi connectivity index (χ0n) is 13.5. The number of methoxy groups -OCH3 is 1. The van der Waals surface area contributed by atoms with E-state index in [1.807, 2.05) is 32.0 Å². The van der Waals surface area contributed by atoms with E-state index in [1.54, 1.807) is 13.2 Å². The molecule has 0 aliphatic rings. The van der Waals surface area contributed by atoms with E-state index in [1.165, 1.54) is 29.5 Å². The van der Waals surface area contributed by atoms with Crippen LogP contribution in [0.5, 0.6) is 5.75 Å².